The van der Waals surface area contributed by atoms with E-state index in [9.17, 15) is 13.2 Å². The van der Waals surface area contributed by atoms with E-state index >= 15 is 0 Å². The summed E-state index contributed by atoms with van der Waals surface area (Å²) in [6.07, 6.45) is -4.67. The first-order valence-corrected chi connectivity index (χ1v) is 6.91. The predicted octanol–water partition coefficient (Wildman–Crippen LogP) is 2.95. The van der Waals surface area contributed by atoms with Gasteiger partial charge in [0.15, 0.2) is 5.75 Å². The second kappa shape index (κ2) is 6.54. The maximum Gasteiger partial charge on any atom is 0.573 e. The van der Waals surface area contributed by atoms with Crippen molar-refractivity contribution in [3.8, 4) is 5.75 Å². The lowest BCUT2D eigenvalue weighted by molar-refractivity contribution is -0.274. The zero-order chi connectivity index (χ0) is 14.6. The molecule has 0 bridgehead atoms. The Bertz CT molecular complexity index is 434. The molecule has 7 heteroatoms. The average molecular weight is 309 g/mol. The second-order valence-corrected chi connectivity index (χ2v) is 4.91. The molecule has 0 unspecified atom stereocenters. The SMILES string of the molecule is FC(F)(F)Oc1ccccc1N1CCN(CCCl)CC1. The number of para-hydroxylation sites is 2. The molecule has 1 aromatic rings. The molecule has 1 aromatic carbocycles. The van der Waals surface area contributed by atoms with Crippen molar-refractivity contribution >= 4 is 17.3 Å². The second-order valence-electron chi connectivity index (χ2n) is 4.53. The first-order valence-electron chi connectivity index (χ1n) is 6.37. The molecule has 0 aliphatic carbocycles. The molecule has 112 valence electrons. The lowest BCUT2D eigenvalue weighted by atomic mass is 10.2. The van der Waals surface area contributed by atoms with E-state index in [2.05, 4.69) is 9.64 Å². The molecule has 1 fully saturated rings. The van der Waals surface area contributed by atoms with Crippen molar-refractivity contribution in [1.29, 1.82) is 0 Å². The minimum absolute atomic E-state index is 0.147. The molecule has 1 heterocycles. The lowest BCUT2D eigenvalue weighted by Gasteiger charge is -2.36. The number of hydrogen-bond acceptors (Lipinski definition) is 3. The van der Waals surface area contributed by atoms with Gasteiger partial charge < -0.3 is 9.64 Å². The Morgan fingerprint density at radius 1 is 1.10 bits per heavy atom. The van der Waals surface area contributed by atoms with Crippen LogP contribution in [0.3, 0.4) is 0 Å². The quantitative estimate of drug-likeness (QED) is 0.795. The molecule has 1 aliphatic heterocycles. The van der Waals surface area contributed by atoms with E-state index in [0.717, 1.165) is 19.6 Å². The summed E-state index contributed by atoms with van der Waals surface area (Å²) in [4.78, 5) is 4.10. The van der Waals surface area contributed by atoms with Crippen molar-refractivity contribution in [2.24, 2.45) is 0 Å². The van der Waals surface area contributed by atoms with Crippen LogP contribution in [0.2, 0.25) is 0 Å². The van der Waals surface area contributed by atoms with Crippen LogP contribution in [0.25, 0.3) is 0 Å². The molecule has 0 atom stereocenters. The third-order valence-electron chi connectivity index (χ3n) is 3.20. The number of alkyl halides is 4. The summed E-state index contributed by atoms with van der Waals surface area (Å²) in [5, 5.41) is 0. The van der Waals surface area contributed by atoms with Crippen LogP contribution in [0.15, 0.2) is 24.3 Å². The van der Waals surface area contributed by atoms with Crippen LogP contribution < -0.4 is 9.64 Å². The molecule has 0 radical (unpaired) electrons. The highest BCUT2D eigenvalue weighted by atomic mass is 35.5. The van der Waals surface area contributed by atoms with Crippen molar-refractivity contribution in [1.82, 2.24) is 4.90 Å². The van der Waals surface area contributed by atoms with Gasteiger partial charge in [-0.1, -0.05) is 12.1 Å². The van der Waals surface area contributed by atoms with Gasteiger partial charge in [-0.15, -0.1) is 24.8 Å². The minimum atomic E-state index is -4.67. The highest BCUT2D eigenvalue weighted by Crippen LogP contribution is 2.33. The summed E-state index contributed by atoms with van der Waals surface area (Å²) in [7, 11) is 0. The normalized spacial score (nSPS) is 17.3. The van der Waals surface area contributed by atoms with Gasteiger partial charge in [0, 0.05) is 38.6 Å². The largest absolute Gasteiger partial charge is 0.573 e. The van der Waals surface area contributed by atoms with Crippen molar-refractivity contribution in [3.63, 3.8) is 0 Å². The molecule has 0 N–H and O–H groups in total. The summed E-state index contributed by atoms with van der Waals surface area (Å²) < 4.78 is 41.2. The van der Waals surface area contributed by atoms with Crippen molar-refractivity contribution in [2.45, 2.75) is 6.36 Å². The predicted molar refractivity (Wildman–Crippen MR) is 72.5 cm³/mol. The maximum absolute atomic E-state index is 12.4. The molecular weight excluding hydrogens is 293 g/mol. The summed E-state index contributed by atoms with van der Waals surface area (Å²) >= 11 is 5.69. The van der Waals surface area contributed by atoms with Crippen LogP contribution in [0.5, 0.6) is 5.75 Å². The van der Waals surface area contributed by atoms with E-state index in [4.69, 9.17) is 11.6 Å². The van der Waals surface area contributed by atoms with Crippen LogP contribution in [0, 0.1) is 0 Å². The summed E-state index contributed by atoms with van der Waals surface area (Å²) in [6, 6.07) is 6.24. The smallest absolute Gasteiger partial charge is 0.404 e. The summed E-state index contributed by atoms with van der Waals surface area (Å²) in [6.45, 7) is 3.69. The number of benzene rings is 1. The number of anilines is 1. The van der Waals surface area contributed by atoms with E-state index in [1.807, 2.05) is 4.90 Å². The van der Waals surface area contributed by atoms with Gasteiger partial charge in [0.1, 0.15) is 0 Å². The molecule has 3 nitrogen and oxygen atoms in total. The average Bonchev–Trinajstić information content (AvgIpc) is 2.39. The topological polar surface area (TPSA) is 15.7 Å². The molecule has 1 saturated heterocycles. The van der Waals surface area contributed by atoms with Gasteiger partial charge in [-0.2, -0.15) is 0 Å². The molecule has 1 aliphatic rings. The van der Waals surface area contributed by atoms with Gasteiger partial charge in [0.25, 0.3) is 0 Å². The van der Waals surface area contributed by atoms with E-state index in [1.165, 1.54) is 12.1 Å². The van der Waals surface area contributed by atoms with Gasteiger partial charge >= 0.3 is 6.36 Å². The number of hydrogen-bond donors (Lipinski definition) is 0. The highest BCUT2D eigenvalue weighted by molar-refractivity contribution is 6.18. The van der Waals surface area contributed by atoms with Gasteiger partial charge in [0.2, 0.25) is 0 Å². The fourth-order valence-corrected chi connectivity index (χ4v) is 2.50. The molecule has 0 spiro atoms. The number of rotatable bonds is 4. The number of nitrogens with zero attached hydrogens (tertiary/aromatic N) is 2. The fourth-order valence-electron chi connectivity index (χ4n) is 2.26. The van der Waals surface area contributed by atoms with Crippen LogP contribution in [-0.4, -0.2) is 49.9 Å². The van der Waals surface area contributed by atoms with Gasteiger partial charge in [0.05, 0.1) is 5.69 Å². The van der Waals surface area contributed by atoms with Gasteiger partial charge in [-0.25, -0.2) is 0 Å². The lowest BCUT2D eigenvalue weighted by Crippen LogP contribution is -2.47. The third-order valence-corrected chi connectivity index (χ3v) is 3.37. The zero-order valence-corrected chi connectivity index (χ0v) is 11.6. The van der Waals surface area contributed by atoms with E-state index in [1.54, 1.807) is 12.1 Å². The van der Waals surface area contributed by atoms with Crippen LogP contribution >= 0.6 is 11.6 Å². The van der Waals surface area contributed by atoms with E-state index in [-0.39, 0.29) is 5.75 Å². The maximum atomic E-state index is 12.4. The molecule has 2 rings (SSSR count). The standard InChI is InChI=1S/C13H16ClF3N2O/c14-5-6-18-7-9-19(10-8-18)11-3-1-2-4-12(11)20-13(15,16)17/h1-4H,5-10H2. The molecular formula is C13H16ClF3N2O. The monoisotopic (exact) mass is 308 g/mol. The van der Waals surface area contributed by atoms with Gasteiger partial charge in [-0.3, -0.25) is 4.90 Å². The van der Waals surface area contributed by atoms with E-state index in [0.29, 0.717) is 24.7 Å². The van der Waals surface area contributed by atoms with Crippen LogP contribution in [0.1, 0.15) is 0 Å². The third kappa shape index (κ3) is 4.18. The Morgan fingerprint density at radius 3 is 2.35 bits per heavy atom. The first-order chi connectivity index (χ1) is 9.49. The Hall–Kier alpha value is -1.14. The number of halogens is 4. The summed E-state index contributed by atoms with van der Waals surface area (Å²) in [5.41, 5.74) is 0.482. The Kier molecular flexibility index (Phi) is 4.99. The van der Waals surface area contributed by atoms with Gasteiger partial charge in [-0.05, 0) is 12.1 Å². The van der Waals surface area contributed by atoms with Crippen LogP contribution in [-0.2, 0) is 0 Å². The Morgan fingerprint density at radius 2 is 1.75 bits per heavy atom. The fraction of sp³-hybridized carbons (Fsp3) is 0.538. The summed E-state index contributed by atoms with van der Waals surface area (Å²) in [5.74, 6) is 0.416. The van der Waals surface area contributed by atoms with Crippen molar-refractivity contribution in [3.05, 3.63) is 24.3 Å². The Labute approximate surface area is 120 Å². The van der Waals surface area contributed by atoms with Crippen LogP contribution in [0.4, 0.5) is 18.9 Å². The highest BCUT2D eigenvalue weighted by Gasteiger charge is 2.33. The molecule has 0 saturated carbocycles. The zero-order valence-electron chi connectivity index (χ0n) is 10.9. The van der Waals surface area contributed by atoms with E-state index < -0.39 is 6.36 Å². The van der Waals surface area contributed by atoms with Crippen molar-refractivity contribution in [2.75, 3.05) is 43.5 Å². The number of ether oxygens (including phenoxy) is 1. The minimum Gasteiger partial charge on any atom is -0.404 e. The molecule has 0 amide bonds. The van der Waals surface area contributed by atoms with Crippen molar-refractivity contribution < 1.29 is 17.9 Å². The first kappa shape index (κ1) is 15.3. The molecule has 0 aromatic heterocycles. The molecule has 20 heavy (non-hydrogen) atoms. The Balaban J connectivity index is 2.06. The number of piperazine rings is 1.